The lowest BCUT2D eigenvalue weighted by Crippen LogP contribution is -2.17. The summed E-state index contributed by atoms with van der Waals surface area (Å²) in [4.78, 5) is 11.4. The normalized spacial score (nSPS) is 23.2. The fourth-order valence-corrected chi connectivity index (χ4v) is 1.77. The minimum atomic E-state index is -4.78. The Morgan fingerprint density at radius 3 is 2.47 bits per heavy atom. The van der Waals surface area contributed by atoms with Gasteiger partial charge in [0.1, 0.15) is 0 Å². The largest absolute Gasteiger partial charge is 0.481 e. The van der Waals surface area contributed by atoms with E-state index in [9.17, 15) is 17.7 Å². The van der Waals surface area contributed by atoms with E-state index in [4.69, 9.17) is 4.74 Å². The van der Waals surface area contributed by atoms with Gasteiger partial charge in [-0.1, -0.05) is 30.4 Å². The molecule has 92 valence electrons. The first kappa shape index (κ1) is 12.0. The van der Waals surface area contributed by atoms with E-state index in [0.717, 1.165) is 0 Å². The molecule has 0 bridgehead atoms. The Morgan fingerprint density at radius 1 is 1.29 bits per heavy atom. The Balaban J connectivity index is 1.80. The van der Waals surface area contributed by atoms with E-state index in [1.807, 2.05) is 0 Å². The van der Waals surface area contributed by atoms with Crippen LogP contribution in [-0.4, -0.2) is 19.6 Å². The van der Waals surface area contributed by atoms with Crippen molar-refractivity contribution in [3.8, 4) is 0 Å². The smallest absolute Gasteiger partial charge is 0.462 e. The summed E-state index contributed by atoms with van der Waals surface area (Å²) in [7, 11) is 0. The Hall–Kier alpha value is -1.46. The molecule has 1 saturated carbocycles. The maximum absolute atomic E-state index is 12.3. The second-order valence-corrected chi connectivity index (χ2v) is 4.25. The maximum Gasteiger partial charge on any atom is 0.481 e. The summed E-state index contributed by atoms with van der Waals surface area (Å²) in [6.07, 6.45) is 0.0889. The Kier molecular flexibility index (Phi) is 3.13. The molecule has 0 heterocycles. The van der Waals surface area contributed by atoms with Gasteiger partial charge in [0.05, 0.1) is 12.2 Å². The number of hydrogen-bond donors (Lipinski definition) is 0. The number of carbonyl (C=O) groups excluding carboxylic acids is 1. The molecule has 2 nitrogen and oxygen atoms in total. The van der Waals surface area contributed by atoms with E-state index in [1.54, 1.807) is 30.3 Å². The number of halogens is 3. The van der Waals surface area contributed by atoms with Crippen LogP contribution in [0.15, 0.2) is 30.3 Å². The maximum atomic E-state index is 12.3. The Bertz CT molecular complexity index is 405. The van der Waals surface area contributed by atoms with Crippen molar-refractivity contribution in [2.75, 3.05) is 6.61 Å². The topological polar surface area (TPSA) is 26.3 Å². The first-order chi connectivity index (χ1) is 7.98. The molecule has 1 aliphatic rings. The van der Waals surface area contributed by atoms with Gasteiger partial charge < -0.3 is 17.7 Å². The summed E-state index contributed by atoms with van der Waals surface area (Å²) in [5.41, 5.74) is 0.363. The summed E-state index contributed by atoms with van der Waals surface area (Å²) < 4.78 is 41.6. The van der Waals surface area contributed by atoms with E-state index in [0.29, 0.717) is 5.56 Å². The van der Waals surface area contributed by atoms with Gasteiger partial charge in [-0.05, 0) is 18.1 Å². The van der Waals surface area contributed by atoms with Crippen LogP contribution >= 0.6 is 0 Å². The van der Waals surface area contributed by atoms with E-state index >= 15 is 0 Å². The van der Waals surface area contributed by atoms with Crippen LogP contribution in [0.4, 0.5) is 12.9 Å². The number of benzene rings is 1. The first-order valence-electron chi connectivity index (χ1n) is 5.40. The highest BCUT2D eigenvalue weighted by Crippen LogP contribution is 2.53. The minimum Gasteiger partial charge on any atom is -0.462 e. The Labute approximate surface area is 96.8 Å². The van der Waals surface area contributed by atoms with Crippen molar-refractivity contribution in [3.05, 3.63) is 35.9 Å². The molecule has 0 N–H and O–H groups in total. The molecule has 1 aliphatic carbocycles. The molecule has 0 aromatic heterocycles. The molecular formula is C11H11BF3O2-. The molecule has 0 aliphatic heterocycles. The lowest BCUT2D eigenvalue weighted by atomic mass is 9.82. The predicted octanol–water partition coefficient (Wildman–Crippen LogP) is 3.08. The van der Waals surface area contributed by atoms with E-state index in [-0.39, 0.29) is 13.0 Å². The molecule has 2 rings (SSSR count). The zero-order valence-electron chi connectivity index (χ0n) is 8.98. The lowest BCUT2D eigenvalue weighted by Gasteiger charge is -2.12. The van der Waals surface area contributed by atoms with Crippen molar-refractivity contribution in [1.82, 2.24) is 0 Å². The first-order valence-corrected chi connectivity index (χ1v) is 5.40. The number of rotatable bonds is 4. The van der Waals surface area contributed by atoms with Gasteiger partial charge in [-0.2, -0.15) is 0 Å². The van der Waals surface area contributed by atoms with Crippen LogP contribution in [0, 0.1) is 5.92 Å². The van der Waals surface area contributed by atoms with Crippen LogP contribution in [0.3, 0.4) is 0 Å². The molecule has 6 heteroatoms. The predicted molar refractivity (Wildman–Crippen MR) is 57.7 cm³/mol. The van der Waals surface area contributed by atoms with E-state index < -0.39 is 24.7 Å². The van der Waals surface area contributed by atoms with Crippen molar-refractivity contribution in [3.63, 3.8) is 0 Å². The monoisotopic (exact) mass is 243 g/mol. The third kappa shape index (κ3) is 3.02. The van der Waals surface area contributed by atoms with Crippen LogP contribution in [-0.2, 0) is 4.74 Å². The van der Waals surface area contributed by atoms with Crippen molar-refractivity contribution < 1.29 is 22.5 Å². The minimum absolute atomic E-state index is 0.0889. The molecule has 1 aromatic carbocycles. The standard InChI is InChI=1S/C11H11BF3O2/c13-12(14,15)10-6-9(10)7-17-11(16)8-4-2-1-3-5-8/h1-5,9-10H,6-7H2/q-1/t9-,10-/m1/s1. The summed E-state index contributed by atoms with van der Waals surface area (Å²) in [6.45, 7) is -4.92. The van der Waals surface area contributed by atoms with Crippen LogP contribution in [0.1, 0.15) is 16.8 Å². The van der Waals surface area contributed by atoms with Crippen LogP contribution in [0.2, 0.25) is 5.82 Å². The highest BCUT2D eigenvalue weighted by molar-refractivity contribution is 6.61. The molecule has 0 radical (unpaired) electrons. The molecular weight excluding hydrogens is 232 g/mol. The lowest BCUT2D eigenvalue weighted by molar-refractivity contribution is 0.0484. The van der Waals surface area contributed by atoms with Crippen molar-refractivity contribution >= 4 is 12.9 Å². The van der Waals surface area contributed by atoms with Crippen molar-refractivity contribution in [2.24, 2.45) is 5.92 Å². The zero-order valence-corrected chi connectivity index (χ0v) is 8.98. The van der Waals surface area contributed by atoms with Crippen LogP contribution in [0.5, 0.6) is 0 Å². The second-order valence-electron chi connectivity index (χ2n) is 4.25. The number of hydrogen-bond acceptors (Lipinski definition) is 2. The van der Waals surface area contributed by atoms with Gasteiger partial charge in [0.15, 0.2) is 0 Å². The summed E-state index contributed by atoms with van der Waals surface area (Å²) >= 11 is 0. The fraction of sp³-hybridized carbons (Fsp3) is 0.364. The summed E-state index contributed by atoms with van der Waals surface area (Å²) in [5.74, 6) is -2.34. The SMILES string of the molecule is O=C(OC[C@H]1C[C@H]1[B-](F)(F)F)c1ccccc1. The number of ether oxygens (including phenoxy) is 1. The summed E-state index contributed by atoms with van der Waals surface area (Å²) in [5, 5.41) is 0. The third-order valence-corrected chi connectivity index (χ3v) is 2.90. The number of carbonyl (C=O) groups is 1. The quantitative estimate of drug-likeness (QED) is 0.599. The zero-order chi connectivity index (χ0) is 12.5. The average molecular weight is 243 g/mol. The number of esters is 1. The second kappa shape index (κ2) is 4.43. The molecule has 0 saturated heterocycles. The van der Waals surface area contributed by atoms with Gasteiger partial charge in [0.2, 0.25) is 0 Å². The van der Waals surface area contributed by atoms with Gasteiger partial charge >= 0.3 is 12.9 Å². The fourth-order valence-electron chi connectivity index (χ4n) is 1.77. The molecule has 2 atom stereocenters. The molecule has 1 fully saturated rings. The highest BCUT2D eigenvalue weighted by Gasteiger charge is 2.51. The summed E-state index contributed by atoms with van der Waals surface area (Å²) in [6, 6.07) is 8.24. The van der Waals surface area contributed by atoms with Gasteiger partial charge in [0, 0.05) is 0 Å². The van der Waals surface area contributed by atoms with E-state index in [1.165, 1.54) is 0 Å². The van der Waals surface area contributed by atoms with Gasteiger partial charge in [-0.25, -0.2) is 4.79 Å². The highest BCUT2D eigenvalue weighted by atomic mass is 19.4. The van der Waals surface area contributed by atoms with Gasteiger partial charge in [0.25, 0.3) is 0 Å². The average Bonchev–Trinajstić information content (AvgIpc) is 3.06. The molecule has 0 unspecified atom stereocenters. The van der Waals surface area contributed by atoms with Gasteiger partial charge in [-0.3, -0.25) is 0 Å². The van der Waals surface area contributed by atoms with Crippen molar-refractivity contribution in [1.29, 1.82) is 0 Å². The molecule has 1 aromatic rings. The molecule has 0 spiro atoms. The van der Waals surface area contributed by atoms with Crippen molar-refractivity contribution in [2.45, 2.75) is 12.2 Å². The van der Waals surface area contributed by atoms with Crippen LogP contribution in [0.25, 0.3) is 0 Å². The van der Waals surface area contributed by atoms with Gasteiger partial charge in [-0.15, -0.1) is 0 Å². The molecule has 0 amide bonds. The third-order valence-electron chi connectivity index (χ3n) is 2.90. The molecule has 17 heavy (non-hydrogen) atoms. The Morgan fingerprint density at radius 2 is 1.94 bits per heavy atom. The van der Waals surface area contributed by atoms with Crippen LogP contribution < -0.4 is 0 Å². The van der Waals surface area contributed by atoms with E-state index in [2.05, 4.69) is 0 Å².